The summed E-state index contributed by atoms with van der Waals surface area (Å²) in [6, 6.07) is 14.4. The zero-order valence-corrected chi connectivity index (χ0v) is 13.6. The minimum Gasteiger partial charge on any atom is -0.496 e. The number of methoxy groups -OCH3 is 1. The molecule has 24 heavy (non-hydrogen) atoms. The van der Waals surface area contributed by atoms with Crippen LogP contribution in [0, 0.1) is 6.92 Å². The van der Waals surface area contributed by atoms with Crippen LogP contribution in [0.25, 0.3) is 0 Å². The topological polar surface area (TPSA) is 79.8 Å². The standard InChI is InChI=1S/C18H19N3O3/c1-13-6-5-8-14(10-13)18(23)19-12-17(22)21-20-11-15-7-3-4-9-16(15)24-2/h3-11H,12H2,1-2H3,(H,19,23)(H,21,22)/b20-11-. The monoisotopic (exact) mass is 325 g/mol. The second-order valence-electron chi connectivity index (χ2n) is 5.09. The Morgan fingerprint density at radius 1 is 1.17 bits per heavy atom. The number of hydrogen-bond acceptors (Lipinski definition) is 4. The SMILES string of the molecule is COc1ccccc1/C=N\NC(=O)CNC(=O)c1cccc(C)c1. The summed E-state index contributed by atoms with van der Waals surface area (Å²) in [6.07, 6.45) is 1.49. The Morgan fingerprint density at radius 3 is 2.71 bits per heavy atom. The van der Waals surface area contributed by atoms with E-state index in [2.05, 4.69) is 15.8 Å². The fraction of sp³-hybridized carbons (Fsp3) is 0.167. The summed E-state index contributed by atoms with van der Waals surface area (Å²) in [5.41, 5.74) is 4.60. The van der Waals surface area contributed by atoms with Gasteiger partial charge in [-0.3, -0.25) is 9.59 Å². The Labute approximate surface area is 140 Å². The molecule has 6 heteroatoms. The summed E-state index contributed by atoms with van der Waals surface area (Å²) >= 11 is 0. The van der Waals surface area contributed by atoms with Gasteiger partial charge in [0.15, 0.2) is 0 Å². The predicted molar refractivity (Wildman–Crippen MR) is 92.2 cm³/mol. The predicted octanol–water partition coefficient (Wildman–Crippen LogP) is 1.88. The van der Waals surface area contributed by atoms with Crippen LogP contribution in [-0.2, 0) is 4.79 Å². The number of rotatable bonds is 6. The molecule has 0 aliphatic carbocycles. The molecule has 2 amide bonds. The number of carbonyl (C=O) groups excluding carboxylic acids is 2. The number of para-hydroxylation sites is 1. The molecule has 0 aliphatic rings. The van der Waals surface area contributed by atoms with Gasteiger partial charge in [0.2, 0.25) is 0 Å². The highest BCUT2D eigenvalue weighted by atomic mass is 16.5. The van der Waals surface area contributed by atoms with Crippen molar-refractivity contribution < 1.29 is 14.3 Å². The largest absolute Gasteiger partial charge is 0.496 e. The van der Waals surface area contributed by atoms with E-state index in [1.54, 1.807) is 31.4 Å². The van der Waals surface area contributed by atoms with Crippen molar-refractivity contribution in [3.05, 3.63) is 65.2 Å². The van der Waals surface area contributed by atoms with Crippen LogP contribution in [0.4, 0.5) is 0 Å². The van der Waals surface area contributed by atoms with Gasteiger partial charge >= 0.3 is 0 Å². The number of benzene rings is 2. The summed E-state index contributed by atoms with van der Waals surface area (Å²) in [5.74, 6) is -0.0621. The summed E-state index contributed by atoms with van der Waals surface area (Å²) in [4.78, 5) is 23.7. The van der Waals surface area contributed by atoms with Crippen LogP contribution in [0.2, 0.25) is 0 Å². The van der Waals surface area contributed by atoms with Gasteiger partial charge in [0, 0.05) is 11.1 Å². The van der Waals surface area contributed by atoms with E-state index in [4.69, 9.17) is 4.74 Å². The van der Waals surface area contributed by atoms with E-state index in [-0.39, 0.29) is 12.5 Å². The molecule has 124 valence electrons. The molecule has 6 nitrogen and oxygen atoms in total. The van der Waals surface area contributed by atoms with E-state index >= 15 is 0 Å². The lowest BCUT2D eigenvalue weighted by molar-refractivity contribution is -0.120. The lowest BCUT2D eigenvalue weighted by Gasteiger charge is -2.05. The first-order valence-electron chi connectivity index (χ1n) is 7.40. The van der Waals surface area contributed by atoms with Crippen LogP contribution in [0.1, 0.15) is 21.5 Å². The Kier molecular flexibility index (Phi) is 6.08. The molecule has 0 spiro atoms. The molecule has 0 bridgehead atoms. The van der Waals surface area contributed by atoms with Crippen molar-refractivity contribution in [3.8, 4) is 5.75 Å². The van der Waals surface area contributed by atoms with Crippen molar-refractivity contribution in [2.75, 3.05) is 13.7 Å². The molecule has 2 aromatic carbocycles. The van der Waals surface area contributed by atoms with Gasteiger partial charge in [0.25, 0.3) is 11.8 Å². The second kappa shape index (κ2) is 8.47. The second-order valence-corrected chi connectivity index (χ2v) is 5.09. The van der Waals surface area contributed by atoms with Gasteiger partial charge in [0.1, 0.15) is 5.75 Å². The van der Waals surface area contributed by atoms with Crippen molar-refractivity contribution in [3.63, 3.8) is 0 Å². The minimum atomic E-state index is -0.415. The number of carbonyl (C=O) groups is 2. The molecule has 0 radical (unpaired) electrons. The first kappa shape index (κ1) is 17.2. The lowest BCUT2D eigenvalue weighted by atomic mass is 10.1. The number of hydrazone groups is 1. The fourth-order valence-electron chi connectivity index (χ4n) is 2.04. The summed E-state index contributed by atoms with van der Waals surface area (Å²) in [6.45, 7) is 1.74. The van der Waals surface area contributed by atoms with Crippen LogP contribution >= 0.6 is 0 Å². The van der Waals surface area contributed by atoms with Crippen molar-refractivity contribution in [1.82, 2.24) is 10.7 Å². The average molecular weight is 325 g/mol. The molecule has 0 fully saturated rings. The Bertz CT molecular complexity index is 757. The van der Waals surface area contributed by atoms with E-state index in [9.17, 15) is 9.59 Å². The van der Waals surface area contributed by atoms with Crippen molar-refractivity contribution in [2.45, 2.75) is 6.92 Å². The highest BCUT2D eigenvalue weighted by molar-refractivity contribution is 5.96. The van der Waals surface area contributed by atoms with Gasteiger partial charge in [-0.1, -0.05) is 29.8 Å². The molecule has 0 aromatic heterocycles. The quantitative estimate of drug-likeness (QED) is 0.629. The van der Waals surface area contributed by atoms with Crippen LogP contribution in [0.5, 0.6) is 5.75 Å². The van der Waals surface area contributed by atoms with E-state index in [1.165, 1.54) is 6.21 Å². The fourth-order valence-corrected chi connectivity index (χ4v) is 2.04. The summed E-state index contributed by atoms with van der Waals surface area (Å²) in [5, 5.41) is 6.41. The zero-order chi connectivity index (χ0) is 17.4. The number of aryl methyl sites for hydroxylation is 1. The summed E-state index contributed by atoms with van der Waals surface area (Å²) < 4.78 is 5.18. The maximum atomic E-state index is 11.9. The molecule has 0 unspecified atom stereocenters. The van der Waals surface area contributed by atoms with Gasteiger partial charge in [0.05, 0.1) is 19.9 Å². The van der Waals surface area contributed by atoms with Crippen LogP contribution in [0.3, 0.4) is 0 Å². The third-order valence-electron chi connectivity index (χ3n) is 3.22. The zero-order valence-electron chi connectivity index (χ0n) is 13.6. The molecular weight excluding hydrogens is 306 g/mol. The minimum absolute atomic E-state index is 0.157. The van der Waals surface area contributed by atoms with E-state index < -0.39 is 5.91 Å². The molecule has 2 aromatic rings. The molecule has 0 heterocycles. The van der Waals surface area contributed by atoms with E-state index in [0.29, 0.717) is 11.3 Å². The molecule has 0 atom stereocenters. The Balaban J connectivity index is 1.83. The summed E-state index contributed by atoms with van der Waals surface area (Å²) in [7, 11) is 1.56. The van der Waals surface area contributed by atoms with Crippen LogP contribution in [0.15, 0.2) is 53.6 Å². The van der Waals surface area contributed by atoms with Crippen molar-refractivity contribution in [2.24, 2.45) is 5.10 Å². The molecule has 0 saturated heterocycles. The number of amides is 2. The molecule has 0 aliphatic heterocycles. The third-order valence-corrected chi connectivity index (χ3v) is 3.22. The molecule has 0 saturated carbocycles. The van der Waals surface area contributed by atoms with Crippen LogP contribution in [-0.4, -0.2) is 31.7 Å². The first-order valence-corrected chi connectivity index (χ1v) is 7.40. The number of ether oxygens (including phenoxy) is 1. The van der Waals surface area contributed by atoms with Crippen molar-refractivity contribution >= 4 is 18.0 Å². The molecular formula is C18H19N3O3. The average Bonchev–Trinajstić information content (AvgIpc) is 2.60. The van der Waals surface area contributed by atoms with Gasteiger partial charge in [-0.05, 0) is 31.2 Å². The lowest BCUT2D eigenvalue weighted by Crippen LogP contribution is -2.34. The highest BCUT2D eigenvalue weighted by Crippen LogP contribution is 2.14. The maximum Gasteiger partial charge on any atom is 0.259 e. The number of hydrogen-bond donors (Lipinski definition) is 2. The number of nitrogens with one attached hydrogen (secondary N) is 2. The highest BCUT2D eigenvalue weighted by Gasteiger charge is 2.07. The van der Waals surface area contributed by atoms with Crippen LogP contribution < -0.4 is 15.5 Å². The van der Waals surface area contributed by atoms with Gasteiger partial charge in [-0.2, -0.15) is 5.10 Å². The van der Waals surface area contributed by atoms with E-state index in [1.807, 2.05) is 31.2 Å². The van der Waals surface area contributed by atoms with E-state index in [0.717, 1.165) is 11.1 Å². The first-order chi connectivity index (χ1) is 11.6. The smallest absolute Gasteiger partial charge is 0.259 e. The van der Waals surface area contributed by atoms with Gasteiger partial charge in [-0.15, -0.1) is 0 Å². The Hall–Kier alpha value is -3.15. The van der Waals surface area contributed by atoms with Crippen molar-refractivity contribution in [1.29, 1.82) is 0 Å². The van der Waals surface area contributed by atoms with Gasteiger partial charge in [-0.25, -0.2) is 5.43 Å². The number of nitrogens with zero attached hydrogens (tertiary/aromatic N) is 1. The normalized spacial score (nSPS) is 10.4. The Morgan fingerprint density at radius 2 is 1.96 bits per heavy atom. The third kappa shape index (κ3) is 4.95. The molecule has 2 rings (SSSR count). The maximum absolute atomic E-state index is 11.9. The molecule has 2 N–H and O–H groups in total. The van der Waals surface area contributed by atoms with Gasteiger partial charge < -0.3 is 10.1 Å².